The van der Waals surface area contributed by atoms with E-state index in [0.717, 1.165) is 23.7 Å². The average Bonchev–Trinajstić information content (AvgIpc) is 3.05. The van der Waals surface area contributed by atoms with Gasteiger partial charge in [0.25, 0.3) is 5.56 Å². The predicted molar refractivity (Wildman–Crippen MR) is 89.8 cm³/mol. The molecule has 4 rings (SSSR count). The van der Waals surface area contributed by atoms with Gasteiger partial charge in [0, 0.05) is 37.3 Å². The molecule has 1 aromatic carbocycles. The molecular formula is C17H17N3O2S. The standard InChI is InChI=1S/C17H17N3O2S/c21-16-10-14(18-17-20(16)7-9-23-17)11-19-6-8-22-15(12-19)13-4-2-1-3-5-13/h1-5,7,9-10,15H,6,8,11-12H2/t15-/m1/s1. The number of benzene rings is 1. The van der Waals surface area contributed by atoms with Gasteiger partial charge in [-0.2, -0.15) is 0 Å². The molecule has 1 saturated heterocycles. The van der Waals surface area contributed by atoms with Gasteiger partial charge in [0.1, 0.15) is 0 Å². The van der Waals surface area contributed by atoms with Gasteiger partial charge < -0.3 is 4.74 Å². The average molecular weight is 327 g/mol. The normalized spacial score (nSPS) is 19.2. The summed E-state index contributed by atoms with van der Waals surface area (Å²) < 4.78 is 7.47. The van der Waals surface area contributed by atoms with Crippen molar-refractivity contribution in [1.29, 1.82) is 0 Å². The molecule has 0 unspecified atom stereocenters. The van der Waals surface area contributed by atoms with Crippen molar-refractivity contribution in [2.75, 3.05) is 19.7 Å². The molecule has 2 aromatic heterocycles. The van der Waals surface area contributed by atoms with E-state index in [1.807, 2.05) is 23.6 Å². The van der Waals surface area contributed by atoms with E-state index in [0.29, 0.717) is 13.2 Å². The van der Waals surface area contributed by atoms with Gasteiger partial charge in [-0.15, -0.1) is 11.3 Å². The number of hydrogen-bond donors (Lipinski definition) is 0. The lowest BCUT2D eigenvalue weighted by Gasteiger charge is -2.32. The molecule has 0 radical (unpaired) electrons. The molecule has 118 valence electrons. The molecule has 23 heavy (non-hydrogen) atoms. The fourth-order valence-electron chi connectivity index (χ4n) is 2.91. The van der Waals surface area contributed by atoms with Gasteiger partial charge in [0.15, 0.2) is 4.96 Å². The molecule has 1 aliphatic rings. The molecule has 0 bridgehead atoms. The van der Waals surface area contributed by atoms with Crippen LogP contribution in [0.15, 0.2) is 52.8 Å². The van der Waals surface area contributed by atoms with Gasteiger partial charge in [0.05, 0.1) is 18.4 Å². The summed E-state index contributed by atoms with van der Waals surface area (Å²) in [5.41, 5.74) is 2.00. The monoisotopic (exact) mass is 327 g/mol. The first kappa shape index (κ1) is 14.6. The van der Waals surface area contributed by atoms with E-state index >= 15 is 0 Å². The SMILES string of the molecule is O=c1cc(CN2CCO[C@@H](c3ccccc3)C2)nc2sccn12. The van der Waals surface area contributed by atoms with Crippen LogP contribution >= 0.6 is 11.3 Å². The highest BCUT2D eigenvalue weighted by molar-refractivity contribution is 7.15. The van der Waals surface area contributed by atoms with Crippen LogP contribution in [0.4, 0.5) is 0 Å². The van der Waals surface area contributed by atoms with Crippen LogP contribution in [0.5, 0.6) is 0 Å². The van der Waals surface area contributed by atoms with Gasteiger partial charge in [-0.25, -0.2) is 4.98 Å². The summed E-state index contributed by atoms with van der Waals surface area (Å²) in [5, 5.41) is 1.88. The summed E-state index contributed by atoms with van der Waals surface area (Å²) in [6, 6.07) is 11.9. The Morgan fingerprint density at radius 1 is 1.30 bits per heavy atom. The minimum atomic E-state index is -0.0147. The van der Waals surface area contributed by atoms with E-state index in [-0.39, 0.29) is 11.7 Å². The first-order valence-corrected chi connectivity index (χ1v) is 8.52. The number of ether oxygens (including phenoxy) is 1. The maximum Gasteiger partial charge on any atom is 0.258 e. The van der Waals surface area contributed by atoms with Gasteiger partial charge in [-0.1, -0.05) is 30.3 Å². The molecule has 3 aromatic rings. The highest BCUT2D eigenvalue weighted by atomic mass is 32.1. The molecule has 1 fully saturated rings. The number of aromatic nitrogens is 2. The first-order chi connectivity index (χ1) is 11.3. The molecule has 3 heterocycles. The van der Waals surface area contributed by atoms with Crippen LogP contribution in [0, 0.1) is 0 Å². The van der Waals surface area contributed by atoms with Crippen molar-refractivity contribution in [2.24, 2.45) is 0 Å². The van der Waals surface area contributed by atoms with Crippen molar-refractivity contribution in [2.45, 2.75) is 12.6 Å². The van der Waals surface area contributed by atoms with E-state index in [1.54, 1.807) is 16.7 Å². The maximum absolute atomic E-state index is 12.1. The van der Waals surface area contributed by atoms with Gasteiger partial charge in [-0.3, -0.25) is 14.1 Å². The first-order valence-electron chi connectivity index (χ1n) is 7.64. The highest BCUT2D eigenvalue weighted by Crippen LogP contribution is 2.22. The Hall–Kier alpha value is -2.02. The van der Waals surface area contributed by atoms with Crippen LogP contribution in [0.2, 0.25) is 0 Å². The third kappa shape index (κ3) is 3.06. The molecule has 0 aliphatic carbocycles. The molecule has 0 spiro atoms. The summed E-state index contributed by atoms with van der Waals surface area (Å²) in [5.74, 6) is 0. The zero-order valence-corrected chi connectivity index (χ0v) is 13.4. The third-order valence-corrected chi connectivity index (χ3v) is 4.82. The summed E-state index contributed by atoms with van der Waals surface area (Å²) in [7, 11) is 0. The van der Waals surface area contributed by atoms with Crippen molar-refractivity contribution >= 4 is 16.3 Å². The maximum atomic E-state index is 12.1. The molecule has 0 saturated carbocycles. The van der Waals surface area contributed by atoms with E-state index in [2.05, 4.69) is 22.0 Å². The van der Waals surface area contributed by atoms with Crippen LogP contribution in [-0.2, 0) is 11.3 Å². The van der Waals surface area contributed by atoms with Crippen molar-refractivity contribution < 1.29 is 4.74 Å². The summed E-state index contributed by atoms with van der Waals surface area (Å²) in [6.45, 7) is 3.04. The fraction of sp³-hybridized carbons (Fsp3) is 0.294. The zero-order valence-electron chi connectivity index (χ0n) is 12.6. The van der Waals surface area contributed by atoms with E-state index in [9.17, 15) is 4.79 Å². The minimum Gasteiger partial charge on any atom is -0.371 e. The number of fused-ring (bicyclic) bond motifs is 1. The van der Waals surface area contributed by atoms with Crippen LogP contribution in [0.25, 0.3) is 4.96 Å². The Bertz CT molecular complexity index is 859. The second kappa shape index (κ2) is 6.23. The number of rotatable bonds is 3. The number of hydrogen-bond acceptors (Lipinski definition) is 5. The lowest BCUT2D eigenvalue weighted by Crippen LogP contribution is -2.38. The van der Waals surface area contributed by atoms with Crippen molar-refractivity contribution in [3.05, 3.63) is 69.6 Å². The predicted octanol–water partition coefficient (Wildman–Crippen LogP) is 2.33. The van der Waals surface area contributed by atoms with Crippen molar-refractivity contribution in [1.82, 2.24) is 14.3 Å². The molecule has 5 nitrogen and oxygen atoms in total. The lowest BCUT2D eigenvalue weighted by atomic mass is 10.1. The molecule has 0 N–H and O–H groups in total. The fourth-order valence-corrected chi connectivity index (χ4v) is 3.65. The van der Waals surface area contributed by atoms with E-state index in [4.69, 9.17) is 4.74 Å². The number of nitrogens with zero attached hydrogens (tertiary/aromatic N) is 3. The van der Waals surface area contributed by atoms with Crippen LogP contribution < -0.4 is 5.56 Å². The Labute approximate surface area is 137 Å². The number of thiazole rings is 1. The van der Waals surface area contributed by atoms with E-state index < -0.39 is 0 Å². The summed E-state index contributed by atoms with van der Waals surface area (Å²) >= 11 is 1.48. The smallest absolute Gasteiger partial charge is 0.258 e. The second-order valence-corrected chi connectivity index (χ2v) is 6.52. The summed E-state index contributed by atoms with van der Waals surface area (Å²) in [4.78, 5) is 19.7. The van der Waals surface area contributed by atoms with Gasteiger partial charge in [0.2, 0.25) is 0 Å². The van der Waals surface area contributed by atoms with Gasteiger partial charge >= 0.3 is 0 Å². The van der Waals surface area contributed by atoms with E-state index in [1.165, 1.54) is 16.9 Å². The lowest BCUT2D eigenvalue weighted by molar-refractivity contribution is -0.0332. The molecular weight excluding hydrogens is 310 g/mol. The van der Waals surface area contributed by atoms with Crippen LogP contribution in [-0.4, -0.2) is 34.0 Å². The topological polar surface area (TPSA) is 46.8 Å². The quantitative estimate of drug-likeness (QED) is 0.741. The molecule has 0 amide bonds. The summed E-state index contributed by atoms with van der Waals surface area (Å²) in [6.07, 6.45) is 1.84. The Kier molecular flexibility index (Phi) is 3.95. The molecule has 1 aliphatic heterocycles. The second-order valence-electron chi connectivity index (χ2n) is 5.65. The Balaban J connectivity index is 1.52. The molecule has 1 atom stereocenters. The zero-order chi connectivity index (χ0) is 15.6. The Morgan fingerprint density at radius 2 is 2.17 bits per heavy atom. The van der Waals surface area contributed by atoms with Crippen LogP contribution in [0.1, 0.15) is 17.4 Å². The highest BCUT2D eigenvalue weighted by Gasteiger charge is 2.22. The molecule has 6 heteroatoms. The number of morpholine rings is 1. The van der Waals surface area contributed by atoms with Gasteiger partial charge in [-0.05, 0) is 5.56 Å². The third-order valence-electron chi connectivity index (χ3n) is 4.06. The minimum absolute atomic E-state index is 0.0147. The van der Waals surface area contributed by atoms with Crippen molar-refractivity contribution in [3.8, 4) is 0 Å². The largest absolute Gasteiger partial charge is 0.371 e. The van der Waals surface area contributed by atoms with Crippen molar-refractivity contribution in [3.63, 3.8) is 0 Å². The van der Waals surface area contributed by atoms with Crippen LogP contribution in [0.3, 0.4) is 0 Å². The Morgan fingerprint density at radius 3 is 3.04 bits per heavy atom.